The summed E-state index contributed by atoms with van der Waals surface area (Å²) < 4.78 is 45.9. The van der Waals surface area contributed by atoms with Crippen molar-refractivity contribution in [3.8, 4) is 0 Å². The summed E-state index contributed by atoms with van der Waals surface area (Å²) in [5.74, 6) is 0.212. The number of hydrogen-bond acceptors (Lipinski definition) is 6. The van der Waals surface area contributed by atoms with Crippen molar-refractivity contribution >= 4 is 31.2 Å². The van der Waals surface area contributed by atoms with E-state index in [2.05, 4.69) is 5.32 Å². The summed E-state index contributed by atoms with van der Waals surface area (Å²) in [6, 6.07) is 4.15. The Morgan fingerprint density at radius 3 is 2.60 bits per heavy atom. The van der Waals surface area contributed by atoms with Gasteiger partial charge in [0, 0.05) is 6.04 Å². The normalized spacial score (nSPS) is 22.4. The molecule has 0 amide bonds. The highest BCUT2D eigenvalue weighted by Crippen LogP contribution is 2.27. The standard InChI is InChI=1S/C11H17N3O4S2/c12-11-9(4-1-5-10(11)20(13,17)18)14-8-3-2-6-19(15,16)7-8/h1,4-5,8,14H,2-3,6-7,12H2,(H2,13,17,18). The molecule has 0 spiro atoms. The molecule has 20 heavy (non-hydrogen) atoms. The van der Waals surface area contributed by atoms with Gasteiger partial charge < -0.3 is 11.1 Å². The van der Waals surface area contributed by atoms with Crippen LogP contribution < -0.4 is 16.2 Å². The summed E-state index contributed by atoms with van der Waals surface area (Å²) in [6.45, 7) is 0. The minimum atomic E-state index is -3.90. The SMILES string of the molecule is Nc1c(NC2CCCS(=O)(=O)C2)cccc1S(N)(=O)=O. The molecule has 0 bridgehead atoms. The molecule has 112 valence electrons. The van der Waals surface area contributed by atoms with Crippen molar-refractivity contribution in [2.75, 3.05) is 22.6 Å². The molecule has 1 unspecified atom stereocenters. The lowest BCUT2D eigenvalue weighted by Gasteiger charge is -2.25. The number of sulfone groups is 1. The Hall–Kier alpha value is -1.32. The zero-order valence-corrected chi connectivity index (χ0v) is 12.4. The minimum absolute atomic E-state index is 0.0120. The lowest BCUT2D eigenvalue weighted by molar-refractivity contribution is 0.562. The van der Waals surface area contributed by atoms with E-state index in [4.69, 9.17) is 10.9 Å². The molecule has 1 aromatic rings. The van der Waals surface area contributed by atoms with Crippen LogP contribution >= 0.6 is 0 Å². The molecule has 0 aliphatic carbocycles. The van der Waals surface area contributed by atoms with Gasteiger partial charge in [-0.1, -0.05) is 6.07 Å². The third-order valence-corrected chi connectivity index (χ3v) is 5.99. The number of nitrogens with two attached hydrogens (primary N) is 2. The second-order valence-electron chi connectivity index (χ2n) is 4.86. The molecule has 1 aliphatic rings. The Bertz CT molecular complexity index is 713. The first-order valence-corrected chi connectivity index (χ1v) is 9.44. The second kappa shape index (κ2) is 5.23. The number of nitrogens with one attached hydrogen (secondary N) is 1. The van der Waals surface area contributed by atoms with Crippen LogP contribution in [-0.2, 0) is 19.9 Å². The van der Waals surface area contributed by atoms with Crippen LogP contribution in [0.3, 0.4) is 0 Å². The van der Waals surface area contributed by atoms with E-state index in [1.165, 1.54) is 12.1 Å². The maximum absolute atomic E-state index is 11.6. The predicted molar refractivity (Wildman–Crippen MR) is 77.5 cm³/mol. The van der Waals surface area contributed by atoms with E-state index in [0.717, 1.165) is 0 Å². The van der Waals surface area contributed by atoms with Crippen molar-refractivity contribution in [3.63, 3.8) is 0 Å². The van der Waals surface area contributed by atoms with Crippen LogP contribution in [0.1, 0.15) is 12.8 Å². The van der Waals surface area contributed by atoms with Gasteiger partial charge in [-0.15, -0.1) is 0 Å². The molecule has 0 radical (unpaired) electrons. The van der Waals surface area contributed by atoms with Gasteiger partial charge in [0.15, 0.2) is 9.84 Å². The molecule has 7 nitrogen and oxygen atoms in total. The molecule has 0 aromatic heterocycles. The van der Waals surface area contributed by atoms with Crippen LogP contribution in [-0.4, -0.2) is 34.4 Å². The summed E-state index contributed by atoms with van der Waals surface area (Å²) in [4.78, 5) is -0.166. The number of nitrogen functional groups attached to an aromatic ring is 1. The minimum Gasteiger partial charge on any atom is -0.396 e. The van der Waals surface area contributed by atoms with E-state index in [0.29, 0.717) is 18.5 Å². The molecule has 2 rings (SSSR count). The fourth-order valence-electron chi connectivity index (χ4n) is 2.27. The lowest BCUT2D eigenvalue weighted by Crippen LogP contribution is -2.35. The van der Waals surface area contributed by atoms with Crippen molar-refractivity contribution in [1.29, 1.82) is 0 Å². The Balaban J connectivity index is 2.27. The number of rotatable bonds is 3. The van der Waals surface area contributed by atoms with E-state index in [9.17, 15) is 16.8 Å². The highest BCUT2D eigenvalue weighted by molar-refractivity contribution is 7.91. The van der Waals surface area contributed by atoms with Gasteiger partial charge in [-0.3, -0.25) is 0 Å². The lowest BCUT2D eigenvalue weighted by atomic mass is 10.1. The third-order valence-electron chi connectivity index (χ3n) is 3.20. The van der Waals surface area contributed by atoms with Gasteiger partial charge in [0.1, 0.15) is 4.90 Å². The van der Waals surface area contributed by atoms with Crippen molar-refractivity contribution in [1.82, 2.24) is 0 Å². The molecular weight excluding hydrogens is 302 g/mol. The number of para-hydroxylation sites is 1. The number of primary sulfonamides is 1. The maximum Gasteiger partial charge on any atom is 0.240 e. The molecule has 1 fully saturated rings. The topological polar surface area (TPSA) is 132 Å². The molecule has 1 atom stereocenters. The summed E-state index contributed by atoms with van der Waals surface area (Å²) >= 11 is 0. The Morgan fingerprint density at radius 2 is 2.00 bits per heavy atom. The molecule has 1 heterocycles. The zero-order valence-electron chi connectivity index (χ0n) is 10.7. The number of sulfonamides is 1. The maximum atomic E-state index is 11.6. The predicted octanol–water partition coefficient (Wildman–Crippen LogP) is -0.0947. The smallest absolute Gasteiger partial charge is 0.240 e. The van der Waals surface area contributed by atoms with Crippen LogP contribution in [0.25, 0.3) is 0 Å². The van der Waals surface area contributed by atoms with Gasteiger partial charge in [-0.05, 0) is 25.0 Å². The fraction of sp³-hybridized carbons (Fsp3) is 0.455. The van der Waals surface area contributed by atoms with Crippen molar-refractivity contribution in [2.24, 2.45) is 5.14 Å². The molecule has 1 aromatic carbocycles. The zero-order chi connectivity index (χ0) is 15.0. The highest BCUT2D eigenvalue weighted by Gasteiger charge is 2.25. The Kier molecular flexibility index (Phi) is 3.94. The molecule has 0 saturated carbocycles. The molecular formula is C11H17N3O4S2. The van der Waals surface area contributed by atoms with Gasteiger partial charge in [0.2, 0.25) is 10.0 Å². The average molecular weight is 319 g/mol. The van der Waals surface area contributed by atoms with Gasteiger partial charge in [-0.25, -0.2) is 22.0 Å². The van der Waals surface area contributed by atoms with E-state index in [1.807, 2.05) is 0 Å². The first kappa shape index (κ1) is 15.1. The van der Waals surface area contributed by atoms with Gasteiger partial charge >= 0.3 is 0 Å². The van der Waals surface area contributed by atoms with Gasteiger partial charge in [0.05, 0.1) is 22.9 Å². The van der Waals surface area contributed by atoms with Crippen LogP contribution in [0.4, 0.5) is 11.4 Å². The Labute approximate surface area is 118 Å². The van der Waals surface area contributed by atoms with E-state index >= 15 is 0 Å². The number of benzene rings is 1. The first-order chi connectivity index (χ1) is 9.19. The van der Waals surface area contributed by atoms with Crippen molar-refractivity contribution in [3.05, 3.63) is 18.2 Å². The van der Waals surface area contributed by atoms with Gasteiger partial charge in [-0.2, -0.15) is 0 Å². The summed E-state index contributed by atoms with van der Waals surface area (Å²) in [5.41, 5.74) is 6.18. The summed E-state index contributed by atoms with van der Waals surface area (Å²) in [7, 11) is -6.95. The average Bonchev–Trinajstić information content (AvgIpc) is 2.29. The molecule has 1 saturated heterocycles. The van der Waals surface area contributed by atoms with Crippen LogP contribution in [0, 0.1) is 0 Å². The van der Waals surface area contributed by atoms with E-state index in [1.54, 1.807) is 6.07 Å². The molecule has 9 heteroatoms. The van der Waals surface area contributed by atoms with Crippen molar-refractivity contribution in [2.45, 2.75) is 23.8 Å². The highest BCUT2D eigenvalue weighted by atomic mass is 32.2. The van der Waals surface area contributed by atoms with Crippen LogP contribution in [0.5, 0.6) is 0 Å². The van der Waals surface area contributed by atoms with Crippen molar-refractivity contribution < 1.29 is 16.8 Å². The largest absolute Gasteiger partial charge is 0.396 e. The Morgan fingerprint density at radius 1 is 1.30 bits per heavy atom. The monoisotopic (exact) mass is 319 g/mol. The van der Waals surface area contributed by atoms with Gasteiger partial charge in [0.25, 0.3) is 0 Å². The quantitative estimate of drug-likeness (QED) is 0.667. The molecule has 1 aliphatic heterocycles. The van der Waals surface area contributed by atoms with Crippen LogP contribution in [0.15, 0.2) is 23.1 Å². The first-order valence-electron chi connectivity index (χ1n) is 6.07. The summed E-state index contributed by atoms with van der Waals surface area (Å²) in [6.07, 6.45) is 1.27. The van der Waals surface area contributed by atoms with E-state index in [-0.39, 0.29) is 28.1 Å². The summed E-state index contributed by atoms with van der Waals surface area (Å²) in [5, 5.41) is 8.06. The number of hydrogen-bond donors (Lipinski definition) is 3. The second-order valence-corrected chi connectivity index (χ2v) is 8.62. The number of anilines is 2. The van der Waals surface area contributed by atoms with E-state index < -0.39 is 19.9 Å². The fourth-order valence-corrected chi connectivity index (χ4v) is 4.60. The van der Waals surface area contributed by atoms with Crippen LogP contribution in [0.2, 0.25) is 0 Å². The third kappa shape index (κ3) is 3.41. The molecule has 5 N–H and O–H groups in total.